The predicted octanol–water partition coefficient (Wildman–Crippen LogP) is 3.45. The summed E-state index contributed by atoms with van der Waals surface area (Å²) in [7, 11) is 0. The molecule has 0 aliphatic carbocycles. The molecule has 0 fully saturated rings. The highest BCUT2D eigenvalue weighted by molar-refractivity contribution is 5.87. The van der Waals surface area contributed by atoms with Gasteiger partial charge in [0.25, 0.3) is 5.71 Å². The van der Waals surface area contributed by atoms with E-state index in [2.05, 4.69) is 51.6 Å². The van der Waals surface area contributed by atoms with E-state index in [0.717, 1.165) is 36.3 Å². The van der Waals surface area contributed by atoms with Gasteiger partial charge in [-0.3, -0.25) is 0 Å². The fraction of sp³-hybridized carbons (Fsp3) is 0.353. The quantitative estimate of drug-likeness (QED) is 0.781. The summed E-state index contributed by atoms with van der Waals surface area (Å²) in [5, 5.41) is 8.38. The third kappa shape index (κ3) is 2.93. The van der Waals surface area contributed by atoms with Crippen molar-refractivity contribution in [1.29, 1.82) is 0 Å². The van der Waals surface area contributed by atoms with Crippen LogP contribution in [0.15, 0.2) is 28.8 Å². The van der Waals surface area contributed by atoms with Gasteiger partial charge in [-0.05, 0) is 32.3 Å². The average molecular weight is 296 g/mol. The zero-order valence-corrected chi connectivity index (χ0v) is 13.2. The molecular formula is C17H20N4O. The Labute approximate surface area is 129 Å². The van der Waals surface area contributed by atoms with Gasteiger partial charge in [-0.15, -0.1) is 0 Å². The molecule has 1 aromatic carbocycles. The molecule has 5 heteroatoms. The van der Waals surface area contributed by atoms with E-state index < -0.39 is 0 Å². The number of aromatic nitrogens is 3. The highest BCUT2D eigenvalue weighted by Gasteiger charge is 2.14. The minimum absolute atomic E-state index is 0.558. The van der Waals surface area contributed by atoms with Crippen LogP contribution >= 0.6 is 0 Å². The minimum Gasteiger partial charge on any atom is -0.369 e. The summed E-state index contributed by atoms with van der Waals surface area (Å²) in [5.74, 6) is 1.50. The maximum Gasteiger partial charge on any atom is 0.263 e. The molecule has 0 saturated heterocycles. The minimum atomic E-state index is 0.558. The average Bonchev–Trinajstić information content (AvgIpc) is 2.92. The molecule has 22 heavy (non-hydrogen) atoms. The molecule has 5 nitrogen and oxygen atoms in total. The van der Waals surface area contributed by atoms with E-state index in [1.807, 2.05) is 13.8 Å². The number of benzene rings is 1. The molecular weight excluding hydrogens is 276 g/mol. The molecule has 0 bridgehead atoms. The van der Waals surface area contributed by atoms with Crippen LogP contribution in [0.1, 0.15) is 29.6 Å². The van der Waals surface area contributed by atoms with Crippen molar-refractivity contribution in [2.75, 3.05) is 11.9 Å². The molecule has 0 unspecified atom stereocenters. The second-order valence-electron chi connectivity index (χ2n) is 5.44. The maximum absolute atomic E-state index is 5.30. The van der Waals surface area contributed by atoms with Gasteiger partial charge in [-0.1, -0.05) is 41.9 Å². The topological polar surface area (TPSA) is 63.8 Å². The van der Waals surface area contributed by atoms with Gasteiger partial charge in [0.2, 0.25) is 0 Å². The summed E-state index contributed by atoms with van der Waals surface area (Å²) in [4.78, 5) is 8.81. The van der Waals surface area contributed by atoms with Crippen LogP contribution in [0.4, 0.5) is 5.82 Å². The number of fused-ring (bicyclic) bond motifs is 1. The molecule has 2 aromatic heterocycles. The summed E-state index contributed by atoms with van der Waals surface area (Å²) >= 11 is 0. The Bertz CT molecular complexity index is 777. The van der Waals surface area contributed by atoms with Crippen molar-refractivity contribution in [1.82, 2.24) is 15.1 Å². The predicted molar refractivity (Wildman–Crippen MR) is 87.1 cm³/mol. The molecule has 1 N–H and O–H groups in total. The van der Waals surface area contributed by atoms with Crippen LogP contribution in [0, 0.1) is 13.8 Å². The summed E-state index contributed by atoms with van der Waals surface area (Å²) in [6.45, 7) is 6.82. The lowest BCUT2D eigenvalue weighted by Crippen LogP contribution is -2.08. The van der Waals surface area contributed by atoms with Crippen LogP contribution in [0.25, 0.3) is 11.1 Å². The lowest BCUT2D eigenvalue weighted by Gasteiger charge is -2.08. The molecule has 0 amide bonds. The highest BCUT2D eigenvalue weighted by Crippen LogP contribution is 2.24. The number of hydrogen-bond acceptors (Lipinski definition) is 5. The van der Waals surface area contributed by atoms with E-state index in [0.29, 0.717) is 11.5 Å². The third-order valence-corrected chi connectivity index (χ3v) is 3.68. The zero-order chi connectivity index (χ0) is 15.5. The smallest absolute Gasteiger partial charge is 0.263 e. The largest absolute Gasteiger partial charge is 0.369 e. The van der Waals surface area contributed by atoms with Crippen molar-refractivity contribution in [2.45, 2.75) is 33.6 Å². The maximum atomic E-state index is 5.30. The Morgan fingerprint density at radius 3 is 2.59 bits per heavy atom. The molecule has 2 heterocycles. The number of anilines is 1. The van der Waals surface area contributed by atoms with Crippen molar-refractivity contribution in [3.8, 4) is 0 Å². The number of rotatable bonds is 5. The van der Waals surface area contributed by atoms with Gasteiger partial charge in [0.15, 0.2) is 0 Å². The third-order valence-electron chi connectivity index (χ3n) is 3.68. The van der Waals surface area contributed by atoms with Gasteiger partial charge in [-0.25, -0.2) is 4.98 Å². The fourth-order valence-electron chi connectivity index (χ4n) is 2.47. The Morgan fingerprint density at radius 1 is 1.09 bits per heavy atom. The van der Waals surface area contributed by atoms with E-state index in [4.69, 9.17) is 4.52 Å². The second-order valence-corrected chi connectivity index (χ2v) is 5.44. The monoisotopic (exact) mass is 296 g/mol. The number of aryl methyl sites for hydroxylation is 3. The summed E-state index contributed by atoms with van der Waals surface area (Å²) in [6.07, 6.45) is 1.74. The highest BCUT2D eigenvalue weighted by atomic mass is 16.5. The summed E-state index contributed by atoms with van der Waals surface area (Å²) in [5.41, 5.74) is 4.04. The SMILES string of the molecule is CCc1noc2nc(C)nc(NCCc3ccc(C)cc3)c12. The van der Waals surface area contributed by atoms with Gasteiger partial charge in [0.1, 0.15) is 17.0 Å². The van der Waals surface area contributed by atoms with E-state index in [9.17, 15) is 0 Å². The van der Waals surface area contributed by atoms with Crippen molar-refractivity contribution < 1.29 is 4.52 Å². The van der Waals surface area contributed by atoms with Crippen molar-refractivity contribution in [3.05, 3.63) is 46.9 Å². The first-order valence-corrected chi connectivity index (χ1v) is 7.59. The number of nitrogens with zero attached hydrogens (tertiary/aromatic N) is 3. The fourth-order valence-corrected chi connectivity index (χ4v) is 2.47. The zero-order valence-electron chi connectivity index (χ0n) is 13.2. The Hall–Kier alpha value is -2.43. The van der Waals surface area contributed by atoms with Crippen molar-refractivity contribution in [3.63, 3.8) is 0 Å². The first-order chi connectivity index (χ1) is 10.7. The van der Waals surface area contributed by atoms with E-state index in [1.165, 1.54) is 11.1 Å². The lowest BCUT2D eigenvalue weighted by molar-refractivity contribution is 0.439. The molecule has 0 saturated carbocycles. The molecule has 0 radical (unpaired) electrons. The van der Waals surface area contributed by atoms with Gasteiger partial charge in [-0.2, -0.15) is 4.98 Å². The Balaban J connectivity index is 1.78. The van der Waals surface area contributed by atoms with Crippen LogP contribution in [-0.4, -0.2) is 21.7 Å². The van der Waals surface area contributed by atoms with Gasteiger partial charge in [0.05, 0.1) is 5.69 Å². The molecule has 3 aromatic rings. The molecule has 0 aliphatic rings. The summed E-state index contributed by atoms with van der Waals surface area (Å²) < 4.78 is 5.30. The standard InChI is InChI=1S/C17H20N4O/c1-4-14-15-16(19-12(3)20-17(15)22-21-14)18-10-9-13-7-5-11(2)6-8-13/h5-8H,4,9-10H2,1-3H3,(H,18,19,20). The van der Waals surface area contributed by atoms with E-state index in [-0.39, 0.29) is 0 Å². The second kappa shape index (κ2) is 6.13. The van der Waals surface area contributed by atoms with E-state index >= 15 is 0 Å². The molecule has 114 valence electrons. The molecule has 0 spiro atoms. The van der Waals surface area contributed by atoms with Gasteiger partial charge < -0.3 is 9.84 Å². The Morgan fingerprint density at radius 2 is 1.86 bits per heavy atom. The lowest BCUT2D eigenvalue weighted by atomic mass is 10.1. The molecule has 3 rings (SSSR count). The summed E-state index contributed by atoms with van der Waals surface area (Å²) in [6, 6.07) is 8.60. The molecule has 0 atom stereocenters. The van der Waals surface area contributed by atoms with Gasteiger partial charge in [0, 0.05) is 6.54 Å². The number of nitrogens with one attached hydrogen (secondary N) is 1. The van der Waals surface area contributed by atoms with Crippen molar-refractivity contribution >= 4 is 16.9 Å². The Kier molecular flexibility index (Phi) is 4.04. The number of hydrogen-bond donors (Lipinski definition) is 1. The van der Waals surface area contributed by atoms with Crippen molar-refractivity contribution in [2.24, 2.45) is 0 Å². The first-order valence-electron chi connectivity index (χ1n) is 7.59. The molecule has 0 aliphatic heterocycles. The normalized spacial score (nSPS) is 11.0. The van der Waals surface area contributed by atoms with Crippen LogP contribution in [0.5, 0.6) is 0 Å². The first kappa shape index (κ1) is 14.5. The van der Waals surface area contributed by atoms with Crippen LogP contribution in [0.3, 0.4) is 0 Å². The van der Waals surface area contributed by atoms with Crippen LogP contribution in [0.2, 0.25) is 0 Å². The van der Waals surface area contributed by atoms with Crippen LogP contribution in [-0.2, 0) is 12.8 Å². The van der Waals surface area contributed by atoms with Crippen LogP contribution < -0.4 is 5.32 Å². The van der Waals surface area contributed by atoms with E-state index in [1.54, 1.807) is 0 Å². The van der Waals surface area contributed by atoms with Gasteiger partial charge >= 0.3 is 0 Å².